The van der Waals surface area contributed by atoms with Crippen LogP contribution in [0, 0.1) is 5.92 Å². The zero-order valence-corrected chi connectivity index (χ0v) is 9.91. The summed E-state index contributed by atoms with van der Waals surface area (Å²) in [5.41, 5.74) is 6.52. The largest absolute Gasteiger partial charge is 0.573 e. The third kappa shape index (κ3) is 3.16. The van der Waals surface area contributed by atoms with Crippen LogP contribution in [0.2, 0.25) is 0 Å². The molecule has 100 valence electrons. The van der Waals surface area contributed by atoms with Crippen LogP contribution in [0.5, 0.6) is 5.75 Å². The summed E-state index contributed by atoms with van der Waals surface area (Å²) in [5.74, 6) is 0.0763. The molecule has 2 N–H and O–H groups in total. The van der Waals surface area contributed by atoms with Crippen LogP contribution < -0.4 is 10.5 Å². The lowest BCUT2D eigenvalue weighted by Crippen LogP contribution is -2.23. The number of halogens is 3. The van der Waals surface area contributed by atoms with Crippen molar-refractivity contribution in [3.8, 4) is 5.75 Å². The van der Waals surface area contributed by atoms with Crippen molar-refractivity contribution in [3.05, 3.63) is 29.8 Å². The highest BCUT2D eigenvalue weighted by atomic mass is 19.4. The standard InChI is InChI=1S/C13H16F3NO/c14-13(15,16)18-11-8-4-3-7-10(11)12(17)9-5-1-2-6-9/h3-4,7-9,12H,1-2,5-6,17H2/t12-/m1/s1. The molecule has 0 heterocycles. The molecule has 0 amide bonds. The molecule has 2 nitrogen and oxygen atoms in total. The fourth-order valence-electron chi connectivity index (χ4n) is 2.54. The van der Waals surface area contributed by atoms with Gasteiger partial charge in [0.2, 0.25) is 0 Å². The molecule has 0 unspecified atom stereocenters. The van der Waals surface area contributed by atoms with Gasteiger partial charge in [0.05, 0.1) is 0 Å². The van der Waals surface area contributed by atoms with E-state index in [1.165, 1.54) is 12.1 Å². The predicted molar refractivity (Wildman–Crippen MR) is 62.0 cm³/mol. The summed E-state index contributed by atoms with van der Waals surface area (Å²) < 4.78 is 40.9. The number of rotatable bonds is 3. The van der Waals surface area contributed by atoms with Crippen LogP contribution in [0.15, 0.2) is 24.3 Å². The Kier molecular flexibility index (Phi) is 3.80. The highest BCUT2D eigenvalue weighted by molar-refractivity contribution is 5.36. The molecule has 0 bridgehead atoms. The topological polar surface area (TPSA) is 35.2 Å². The first-order valence-corrected chi connectivity index (χ1v) is 6.07. The third-order valence-electron chi connectivity index (χ3n) is 3.41. The number of alkyl halides is 3. The van der Waals surface area contributed by atoms with Gasteiger partial charge in [-0.05, 0) is 24.8 Å². The van der Waals surface area contributed by atoms with Gasteiger partial charge in [0.1, 0.15) is 5.75 Å². The molecular formula is C13H16F3NO. The molecule has 1 aromatic carbocycles. The molecule has 0 spiro atoms. The van der Waals surface area contributed by atoms with E-state index in [1.54, 1.807) is 12.1 Å². The first kappa shape index (κ1) is 13.2. The Morgan fingerprint density at radius 2 is 1.78 bits per heavy atom. The number of nitrogens with two attached hydrogens (primary N) is 1. The molecule has 0 aromatic heterocycles. The second-order valence-electron chi connectivity index (χ2n) is 4.66. The molecule has 1 saturated carbocycles. The predicted octanol–water partition coefficient (Wildman–Crippen LogP) is 3.78. The quantitative estimate of drug-likeness (QED) is 0.896. The second-order valence-corrected chi connectivity index (χ2v) is 4.66. The van der Waals surface area contributed by atoms with Crippen molar-refractivity contribution in [2.75, 3.05) is 0 Å². The van der Waals surface area contributed by atoms with E-state index in [9.17, 15) is 13.2 Å². The lowest BCUT2D eigenvalue weighted by molar-refractivity contribution is -0.275. The van der Waals surface area contributed by atoms with Crippen molar-refractivity contribution in [2.45, 2.75) is 38.1 Å². The maximum absolute atomic E-state index is 12.3. The molecule has 1 fully saturated rings. The van der Waals surface area contributed by atoms with Gasteiger partial charge in [-0.1, -0.05) is 31.0 Å². The normalized spacial score (nSPS) is 18.9. The van der Waals surface area contributed by atoms with Crippen molar-refractivity contribution in [3.63, 3.8) is 0 Å². The molecule has 18 heavy (non-hydrogen) atoms. The van der Waals surface area contributed by atoms with E-state index in [0.717, 1.165) is 25.7 Å². The number of para-hydroxylation sites is 1. The summed E-state index contributed by atoms with van der Waals surface area (Å²) in [6.45, 7) is 0. The minimum Gasteiger partial charge on any atom is -0.405 e. The van der Waals surface area contributed by atoms with Crippen molar-refractivity contribution in [1.82, 2.24) is 0 Å². The summed E-state index contributed by atoms with van der Waals surface area (Å²) in [7, 11) is 0. The fraction of sp³-hybridized carbons (Fsp3) is 0.538. The van der Waals surface area contributed by atoms with Crippen LogP contribution >= 0.6 is 0 Å². The molecule has 2 rings (SSSR count). The lowest BCUT2D eigenvalue weighted by atomic mass is 9.92. The van der Waals surface area contributed by atoms with Crippen LogP contribution in [0.4, 0.5) is 13.2 Å². The van der Waals surface area contributed by atoms with Crippen LogP contribution in [0.1, 0.15) is 37.3 Å². The van der Waals surface area contributed by atoms with Gasteiger partial charge in [0.15, 0.2) is 0 Å². The van der Waals surface area contributed by atoms with Gasteiger partial charge in [-0.15, -0.1) is 13.2 Å². The van der Waals surface area contributed by atoms with Gasteiger partial charge < -0.3 is 10.5 Å². The second kappa shape index (κ2) is 5.18. The molecular weight excluding hydrogens is 243 g/mol. The van der Waals surface area contributed by atoms with E-state index < -0.39 is 6.36 Å². The van der Waals surface area contributed by atoms with Crippen molar-refractivity contribution in [1.29, 1.82) is 0 Å². The van der Waals surface area contributed by atoms with Crippen molar-refractivity contribution < 1.29 is 17.9 Å². The summed E-state index contributed by atoms with van der Waals surface area (Å²) >= 11 is 0. The smallest absolute Gasteiger partial charge is 0.405 e. The Balaban J connectivity index is 2.20. The summed E-state index contributed by atoms with van der Waals surface area (Å²) in [6, 6.07) is 5.76. The Hall–Kier alpha value is -1.23. The van der Waals surface area contributed by atoms with Gasteiger partial charge in [-0.25, -0.2) is 0 Å². The van der Waals surface area contributed by atoms with Crippen LogP contribution in [-0.4, -0.2) is 6.36 Å². The Bertz CT molecular complexity index is 399. The van der Waals surface area contributed by atoms with Crippen LogP contribution in [0.25, 0.3) is 0 Å². The molecule has 1 atom stereocenters. The third-order valence-corrected chi connectivity index (χ3v) is 3.41. The average molecular weight is 259 g/mol. The van der Waals surface area contributed by atoms with E-state index in [4.69, 9.17) is 5.73 Å². The molecule has 1 aliphatic rings. The first-order chi connectivity index (χ1) is 8.47. The number of hydrogen-bond acceptors (Lipinski definition) is 2. The van der Waals surface area contributed by atoms with E-state index in [0.29, 0.717) is 5.56 Å². The average Bonchev–Trinajstić information content (AvgIpc) is 2.80. The van der Waals surface area contributed by atoms with Crippen LogP contribution in [-0.2, 0) is 0 Å². The number of hydrogen-bond donors (Lipinski definition) is 1. The van der Waals surface area contributed by atoms with E-state index in [1.807, 2.05) is 0 Å². The molecule has 1 aromatic rings. The van der Waals surface area contributed by atoms with Gasteiger partial charge >= 0.3 is 6.36 Å². The molecule has 0 radical (unpaired) electrons. The maximum atomic E-state index is 12.3. The van der Waals surface area contributed by atoms with Crippen molar-refractivity contribution in [2.24, 2.45) is 11.7 Å². The van der Waals surface area contributed by atoms with Gasteiger partial charge in [0, 0.05) is 11.6 Å². The maximum Gasteiger partial charge on any atom is 0.573 e. The van der Waals surface area contributed by atoms with E-state index in [-0.39, 0.29) is 17.7 Å². The number of ether oxygens (including phenoxy) is 1. The number of benzene rings is 1. The van der Waals surface area contributed by atoms with Gasteiger partial charge in [-0.2, -0.15) is 0 Å². The van der Waals surface area contributed by atoms with Crippen LogP contribution in [0.3, 0.4) is 0 Å². The first-order valence-electron chi connectivity index (χ1n) is 6.07. The molecule has 1 aliphatic carbocycles. The Labute approximate surface area is 104 Å². The Morgan fingerprint density at radius 3 is 2.39 bits per heavy atom. The van der Waals surface area contributed by atoms with Gasteiger partial charge in [-0.3, -0.25) is 0 Å². The SMILES string of the molecule is N[C@@H](c1ccccc1OC(F)(F)F)C1CCCC1. The molecule has 0 saturated heterocycles. The van der Waals surface area contributed by atoms with Gasteiger partial charge in [0.25, 0.3) is 0 Å². The highest BCUT2D eigenvalue weighted by Crippen LogP contribution is 2.38. The minimum absolute atomic E-state index is 0.176. The summed E-state index contributed by atoms with van der Waals surface area (Å²) in [6.07, 6.45) is -0.532. The van der Waals surface area contributed by atoms with Crippen molar-refractivity contribution >= 4 is 0 Å². The molecule has 0 aliphatic heterocycles. The Morgan fingerprint density at radius 1 is 1.17 bits per heavy atom. The minimum atomic E-state index is -4.68. The fourth-order valence-corrected chi connectivity index (χ4v) is 2.54. The monoisotopic (exact) mass is 259 g/mol. The zero-order valence-electron chi connectivity index (χ0n) is 9.91. The summed E-state index contributed by atoms with van der Waals surface area (Å²) in [4.78, 5) is 0. The van der Waals surface area contributed by atoms with E-state index in [2.05, 4.69) is 4.74 Å². The van der Waals surface area contributed by atoms with E-state index >= 15 is 0 Å². The zero-order chi connectivity index (χ0) is 13.2. The summed E-state index contributed by atoms with van der Waals surface area (Å²) in [5, 5.41) is 0. The molecule has 5 heteroatoms. The lowest BCUT2D eigenvalue weighted by Gasteiger charge is -2.22. The highest BCUT2D eigenvalue weighted by Gasteiger charge is 2.33.